The first-order chi connectivity index (χ1) is 13.0. The lowest BCUT2D eigenvalue weighted by atomic mass is 9.89. The molecule has 4 nitrogen and oxygen atoms in total. The number of rotatable bonds is 5. The number of hydrogen-bond acceptors (Lipinski definition) is 5. The minimum Gasteiger partial charge on any atom is -0.497 e. The number of aromatic amines is 1. The lowest BCUT2D eigenvalue weighted by molar-refractivity contribution is 0.414. The van der Waals surface area contributed by atoms with Gasteiger partial charge in [0.2, 0.25) is 0 Å². The molecule has 27 heavy (non-hydrogen) atoms. The van der Waals surface area contributed by atoms with Crippen LogP contribution in [0.25, 0.3) is 10.2 Å². The van der Waals surface area contributed by atoms with Crippen LogP contribution in [-0.2, 0) is 18.6 Å². The van der Waals surface area contributed by atoms with Gasteiger partial charge in [0.05, 0.1) is 17.7 Å². The number of methoxy groups -OCH3 is 1. The molecule has 0 amide bonds. The lowest BCUT2D eigenvalue weighted by Crippen LogP contribution is -2.15. The molecule has 0 saturated carbocycles. The van der Waals surface area contributed by atoms with Gasteiger partial charge in [-0.2, -0.15) is 0 Å². The highest BCUT2D eigenvalue weighted by molar-refractivity contribution is 7.98. The van der Waals surface area contributed by atoms with Crippen molar-refractivity contribution < 1.29 is 4.74 Å². The molecule has 6 heteroatoms. The Morgan fingerprint density at radius 2 is 2.30 bits per heavy atom. The second kappa shape index (κ2) is 7.68. The number of ether oxygens (including phenoxy) is 1. The number of hydrogen-bond donors (Lipinski definition) is 1. The van der Waals surface area contributed by atoms with Crippen molar-refractivity contribution in [1.29, 1.82) is 0 Å². The predicted octanol–water partition coefficient (Wildman–Crippen LogP) is 5.11. The molecule has 2 heterocycles. The molecule has 0 bridgehead atoms. The molecular formula is C21H24N2O2S2. The largest absolute Gasteiger partial charge is 0.497 e. The van der Waals surface area contributed by atoms with Crippen LogP contribution in [0.1, 0.15) is 47.3 Å². The summed E-state index contributed by atoms with van der Waals surface area (Å²) >= 11 is 3.48. The quantitative estimate of drug-likeness (QED) is 0.646. The van der Waals surface area contributed by atoms with Gasteiger partial charge in [-0.15, -0.1) is 23.1 Å². The van der Waals surface area contributed by atoms with E-state index in [0.717, 1.165) is 46.8 Å². The molecule has 4 rings (SSSR count). The fraction of sp³-hybridized carbons (Fsp3) is 0.429. The SMILES string of the molecule is COc1cccc(CSC(C)c2nc3sc4c(c3c(=O)[nH]2)CCC(C)C4)c1. The second-order valence-corrected chi connectivity index (χ2v) is 9.70. The summed E-state index contributed by atoms with van der Waals surface area (Å²) in [5.74, 6) is 3.18. The van der Waals surface area contributed by atoms with E-state index in [0.29, 0.717) is 5.92 Å². The number of fused-ring (bicyclic) bond motifs is 3. The highest BCUT2D eigenvalue weighted by Crippen LogP contribution is 2.37. The first kappa shape index (κ1) is 18.6. The number of thioether (sulfide) groups is 1. The third-order valence-electron chi connectivity index (χ3n) is 5.20. The number of aromatic nitrogens is 2. The number of nitrogens with one attached hydrogen (secondary N) is 1. The smallest absolute Gasteiger partial charge is 0.259 e. The van der Waals surface area contributed by atoms with Gasteiger partial charge < -0.3 is 9.72 Å². The van der Waals surface area contributed by atoms with Crippen LogP contribution in [-0.4, -0.2) is 17.1 Å². The molecular weight excluding hydrogens is 376 g/mol. The van der Waals surface area contributed by atoms with Gasteiger partial charge in [0.15, 0.2) is 0 Å². The molecule has 3 aromatic rings. The summed E-state index contributed by atoms with van der Waals surface area (Å²) in [6.45, 7) is 4.39. The van der Waals surface area contributed by atoms with Crippen LogP contribution < -0.4 is 10.3 Å². The summed E-state index contributed by atoms with van der Waals surface area (Å²) in [5, 5.41) is 0.946. The van der Waals surface area contributed by atoms with Crippen molar-refractivity contribution >= 4 is 33.3 Å². The molecule has 0 fully saturated rings. The van der Waals surface area contributed by atoms with Crippen LogP contribution >= 0.6 is 23.1 Å². The summed E-state index contributed by atoms with van der Waals surface area (Å²) < 4.78 is 5.29. The standard InChI is InChI=1S/C21H24N2O2S2/c1-12-7-8-16-17(9-12)27-21-18(16)20(24)22-19(23-21)13(2)26-11-14-5-4-6-15(10-14)25-3/h4-6,10,12-13H,7-9,11H2,1-3H3,(H,22,23,24). The maximum absolute atomic E-state index is 12.8. The number of aryl methyl sites for hydroxylation is 1. The van der Waals surface area contributed by atoms with Crippen LogP contribution in [0.2, 0.25) is 0 Å². The number of benzene rings is 1. The summed E-state index contributed by atoms with van der Waals surface area (Å²) in [4.78, 5) is 22.9. The van der Waals surface area contributed by atoms with Crippen molar-refractivity contribution in [1.82, 2.24) is 9.97 Å². The Kier molecular flexibility index (Phi) is 5.28. The average molecular weight is 401 g/mol. The van der Waals surface area contributed by atoms with Crippen molar-refractivity contribution in [2.75, 3.05) is 7.11 Å². The van der Waals surface area contributed by atoms with Crippen LogP contribution in [0.15, 0.2) is 29.1 Å². The normalized spacial score (nSPS) is 17.7. The predicted molar refractivity (Wildman–Crippen MR) is 114 cm³/mol. The second-order valence-electron chi connectivity index (χ2n) is 7.29. The summed E-state index contributed by atoms with van der Waals surface area (Å²) in [6.07, 6.45) is 3.23. The lowest BCUT2D eigenvalue weighted by Gasteiger charge is -2.17. The van der Waals surface area contributed by atoms with Gasteiger partial charge in [-0.25, -0.2) is 4.98 Å². The maximum Gasteiger partial charge on any atom is 0.259 e. The molecule has 0 radical (unpaired) electrons. The number of nitrogens with zero attached hydrogens (tertiary/aromatic N) is 1. The molecule has 1 N–H and O–H groups in total. The Hall–Kier alpha value is -1.79. The molecule has 1 aliphatic rings. The fourth-order valence-electron chi connectivity index (χ4n) is 3.62. The number of thiophene rings is 1. The van der Waals surface area contributed by atoms with Crippen molar-refractivity contribution in [3.63, 3.8) is 0 Å². The van der Waals surface area contributed by atoms with E-state index in [1.807, 2.05) is 18.2 Å². The Bertz CT molecular complexity index is 1020. The van der Waals surface area contributed by atoms with Crippen LogP contribution in [0.3, 0.4) is 0 Å². The van der Waals surface area contributed by atoms with Crippen LogP contribution in [0.5, 0.6) is 5.75 Å². The molecule has 2 aromatic heterocycles. The van der Waals surface area contributed by atoms with Gasteiger partial charge in [-0.1, -0.05) is 19.1 Å². The highest BCUT2D eigenvalue weighted by Gasteiger charge is 2.23. The molecule has 0 aliphatic heterocycles. The molecule has 2 unspecified atom stereocenters. The van der Waals surface area contributed by atoms with Crippen molar-refractivity contribution in [2.24, 2.45) is 5.92 Å². The van der Waals surface area contributed by atoms with E-state index in [2.05, 4.69) is 24.9 Å². The average Bonchev–Trinajstić information content (AvgIpc) is 3.04. The molecule has 1 aliphatic carbocycles. The van der Waals surface area contributed by atoms with Gasteiger partial charge in [0.25, 0.3) is 5.56 Å². The van der Waals surface area contributed by atoms with E-state index in [9.17, 15) is 4.79 Å². The van der Waals surface area contributed by atoms with E-state index in [1.54, 1.807) is 30.2 Å². The van der Waals surface area contributed by atoms with Gasteiger partial charge in [0, 0.05) is 10.6 Å². The van der Waals surface area contributed by atoms with Gasteiger partial charge in [0.1, 0.15) is 16.4 Å². The zero-order valence-electron chi connectivity index (χ0n) is 15.9. The molecule has 0 spiro atoms. The zero-order valence-corrected chi connectivity index (χ0v) is 17.5. The maximum atomic E-state index is 12.8. The molecule has 142 valence electrons. The van der Waals surface area contributed by atoms with Gasteiger partial charge >= 0.3 is 0 Å². The molecule has 1 aromatic carbocycles. The Labute approximate surface area is 167 Å². The molecule has 2 atom stereocenters. The first-order valence-corrected chi connectivity index (χ1v) is 11.2. The van der Waals surface area contributed by atoms with Gasteiger partial charge in [-0.3, -0.25) is 4.79 Å². The van der Waals surface area contributed by atoms with Crippen molar-refractivity contribution in [3.05, 3.63) is 56.4 Å². The molecule has 0 saturated heterocycles. The summed E-state index contributed by atoms with van der Waals surface area (Å²) in [5.41, 5.74) is 2.47. The third-order valence-corrected chi connectivity index (χ3v) is 7.57. The van der Waals surface area contributed by atoms with E-state index in [4.69, 9.17) is 9.72 Å². The van der Waals surface area contributed by atoms with E-state index < -0.39 is 0 Å². The summed E-state index contributed by atoms with van der Waals surface area (Å²) in [7, 11) is 1.68. The third kappa shape index (κ3) is 3.78. The number of H-pyrrole nitrogens is 1. The van der Waals surface area contributed by atoms with Crippen LogP contribution in [0, 0.1) is 5.92 Å². The van der Waals surface area contributed by atoms with Crippen molar-refractivity contribution in [2.45, 2.75) is 44.1 Å². The Balaban J connectivity index is 1.57. The first-order valence-electron chi connectivity index (χ1n) is 9.34. The van der Waals surface area contributed by atoms with E-state index in [1.165, 1.54) is 16.0 Å². The van der Waals surface area contributed by atoms with E-state index >= 15 is 0 Å². The topological polar surface area (TPSA) is 55.0 Å². The minimum absolute atomic E-state index is 0.0240. The Morgan fingerprint density at radius 1 is 1.44 bits per heavy atom. The summed E-state index contributed by atoms with van der Waals surface area (Å²) in [6, 6.07) is 8.09. The zero-order chi connectivity index (χ0) is 19.0. The van der Waals surface area contributed by atoms with Crippen molar-refractivity contribution in [3.8, 4) is 5.75 Å². The van der Waals surface area contributed by atoms with Crippen LogP contribution in [0.4, 0.5) is 0 Å². The minimum atomic E-state index is 0.0240. The fourth-order valence-corrected chi connectivity index (χ4v) is 5.90. The highest BCUT2D eigenvalue weighted by atomic mass is 32.2. The Morgan fingerprint density at radius 3 is 3.11 bits per heavy atom. The van der Waals surface area contributed by atoms with E-state index in [-0.39, 0.29) is 10.8 Å². The monoisotopic (exact) mass is 400 g/mol. The van der Waals surface area contributed by atoms with Gasteiger partial charge in [-0.05, 0) is 55.4 Å².